The second-order valence-electron chi connectivity index (χ2n) is 8.09. The highest BCUT2D eigenvalue weighted by atomic mass is 16.5. The monoisotopic (exact) mass is 445 g/mol. The molecule has 33 heavy (non-hydrogen) atoms. The standard InChI is InChI=1S/C25H27N5O3/c1-17-12-20(14-26-25(17)32-3)30-23-9-11-33-10-8-22(23)24(28-30)19-13-27-29(16-19)15-18-4-6-21(31-2)7-5-18/h4-7,12-14,16H,8-11,15H2,1-3H3. The van der Waals surface area contributed by atoms with Gasteiger partial charge in [0.05, 0.1) is 63.4 Å². The van der Waals surface area contributed by atoms with Crippen molar-refractivity contribution in [2.45, 2.75) is 26.3 Å². The van der Waals surface area contributed by atoms with E-state index in [0.717, 1.165) is 52.4 Å². The van der Waals surface area contributed by atoms with Crippen LogP contribution in [0.1, 0.15) is 22.4 Å². The van der Waals surface area contributed by atoms with Crippen molar-refractivity contribution in [3.63, 3.8) is 0 Å². The molecule has 1 aromatic carbocycles. The number of aromatic nitrogens is 5. The zero-order valence-corrected chi connectivity index (χ0v) is 19.1. The molecule has 0 saturated heterocycles. The van der Waals surface area contributed by atoms with E-state index in [0.29, 0.717) is 25.6 Å². The van der Waals surface area contributed by atoms with Gasteiger partial charge in [0.1, 0.15) is 5.75 Å². The molecule has 8 heteroatoms. The number of nitrogens with zero attached hydrogens (tertiary/aromatic N) is 5. The maximum Gasteiger partial charge on any atom is 0.216 e. The molecule has 0 N–H and O–H groups in total. The molecule has 0 saturated carbocycles. The highest BCUT2D eigenvalue weighted by molar-refractivity contribution is 5.64. The van der Waals surface area contributed by atoms with Crippen molar-refractivity contribution in [2.24, 2.45) is 0 Å². The van der Waals surface area contributed by atoms with E-state index in [-0.39, 0.29) is 0 Å². The molecule has 8 nitrogen and oxygen atoms in total. The number of ether oxygens (including phenoxy) is 3. The van der Waals surface area contributed by atoms with Crippen molar-refractivity contribution in [3.05, 3.63) is 71.3 Å². The second kappa shape index (κ2) is 9.07. The first kappa shape index (κ1) is 21.2. The van der Waals surface area contributed by atoms with Crippen LogP contribution in [-0.4, -0.2) is 52.0 Å². The molecule has 5 rings (SSSR count). The predicted molar refractivity (Wildman–Crippen MR) is 124 cm³/mol. The number of hydrogen-bond acceptors (Lipinski definition) is 6. The Bertz CT molecular complexity index is 1260. The SMILES string of the molecule is COc1ccc(Cn2cc(-c3nn(-c4cnc(OC)c(C)c4)c4c3CCOCC4)cn2)cc1. The first-order valence-corrected chi connectivity index (χ1v) is 11.0. The molecule has 1 aliphatic rings. The third-order valence-electron chi connectivity index (χ3n) is 5.93. The molecular formula is C25H27N5O3. The molecule has 0 spiro atoms. The molecule has 0 unspecified atom stereocenters. The molecule has 4 heterocycles. The number of benzene rings is 1. The fraction of sp³-hybridized carbons (Fsp3) is 0.320. The first-order valence-electron chi connectivity index (χ1n) is 11.0. The van der Waals surface area contributed by atoms with Crippen molar-refractivity contribution >= 4 is 0 Å². The molecule has 1 aliphatic heterocycles. The Hall–Kier alpha value is -3.65. The van der Waals surface area contributed by atoms with Gasteiger partial charge in [-0.05, 0) is 37.1 Å². The Morgan fingerprint density at radius 3 is 2.61 bits per heavy atom. The van der Waals surface area contributed by atoms with Gasteiger partial charge in [-0.1, -0.05) is 12.1 Å². The smallest absolute Gasteiger partial charge is 0.216 e. The van der Waals surface area contributed by atoms with E-state index < -0.39 is 0 Å². The Morgan fingerprint density at radius 2 is 1.85 bits per heavy atom. The molecule has 0 radical (unpaired) electrons. The van der Waals surface area contributed by atoms with Gasteiger partial charge >= 0.3 is 0 Å². The van der Waals surface area contributed by atoms with Crippen LogP contribution in [0.5, 0.6) is 11.6 Å². The molecule has 4 aromatic rings. The molecule has 0 atom stereocenters. The normalized spacial score (nSPS) is 13.4. The number of hydrogen-bond donors (Lipinski definition) is 0. The summed E-state index contributed by atoms with van der Waals surface area (Å²) in [5.41, 5.74) is 7.37. The van der Waals surface area contributed by atoms with E-state index >= 15 is 0 Å². The van der Waals surface area contributed by atoms with E-state index in [1.807, 2.05) is 40.8 Å². The number of fused-ring (bicyclic) bond motifs is 1. The van der Waals surface area contributed by atoms with Crippen LogP contribution in [0, 0.1) is 6.92 Å². The van der Waals surface area contributed by atoms with E-state index in [1.165, 1.54) is 5.56 Å². The Morgan fingerprint density at radius 1 is 1.03 bits per heavy atom. The van der Waals surface area contributed by atoms with Crippen molar-refractivity contribution in [3.8, 4) is 28.6 Å². The van der Waals surface area contributed by atoms with Gasteiger partial charge < -0.3 is 14.2 Å². The minimum atomic E-state index is 0.625. The summed E-state index contributed by atoms with van der Waals surface area (Å²) in [7, 11) is 3.30. The minimum absolute atomic E-state index is 0.625. The summed E-state index contributed by atoms with van der Waals surface area (Å²) in [4.78, 5) is 4.45. The highest BCUT2D eigenvalue weighted by Crippen LogP contribution is 2.30. The molecule has 0 aliphatic carbocycles. The van der Waals surface area contributed by atoms with Crippen molar-refractivity contribution in [1.82, 2.24) is 24.5 Å². The zero-order chi connectivity index (χ0) is 22.8. The summed E-state index contributed by atoms with van der Waals surface area (Å²) >= 11 is 0. The van der Waals surface area contributed by atoms with Crippen molar-refractivity contribution in [1.29, 1.82) is 0 Å². The third kappa shape index (κ3) is 4.21. The van der Waals surface area contributed by atoms with E-state index in [9.17, 15) is 0 Å². The predicted octanol–water partition coefficient (Wildman–Crippen LogP) is 3.62. The van der Waals surface area contributed by atoms with Gasteiger partial charge in [0, 0.05) is 29.3 Å². The fourth-order valence-electron chi connectivity index (χ4n) is 4.26. The Labute approximate surface area is 192 Å². The molecular weight excluding hydrogens is 418 g/mol. The van der Waals surface area contributed by atoms with Crippen LogP contribution >= 0.6 is 0 Å². The fourth-order valence-corrected chi connectivity index (χ4v) is 4.26. The lowest BCUT2D eigenvalue weighted by Gasteiger charge is -2.09. The lowest BCUT2D eigenvalue weighted by atomic mass is 10.1. The molecule has 170 valence electrons. The first-order chi connectivity index (χ1) is 16.2. The van der Waals surface area contributed by atoms with E-state index in [2.05, 4.69) is 34.5 Å². The lowest BCUT2D eigenvalue weighted by Crippen LogP contribution is -2.06. The third-order valence-corrected chi connectivity index (χ3v) is 5.93. The van der Waals surface area contributed by atoms with Crippen LogP contribution in [0.4, 0.5) is 0 Å². The highest BCUT2D eigenvalue weighted by Gasteiger charge is 2.23. The molecule has 0 fully saturated rings. The summed E-state index contributed by atoms with van der Waals surface area (Å²) in [6.45, 7) is 4.03. The number of aryl methyl sites for hydroxylation is 1. The summed E-state index contributed by atoms with van der Waals surface area (Å²) in [5, 5.41) is 9.62. The van der Waals surface area contributed by atoms with Crippen LogP contribution in [0.2, 0.25) is 0 Å². The molecule has 3 aromatic heterocycles. The molecule has 0 amide bonds. The van der Waals surface area contributed by atoms with Crippen LogP contribution in [0.25, 0.3) is 16.9 Å². The summed E-state index contributed by atoms with van der Waals surface area (Å²) in [6, 6.07) is 10.1. The van der Waals surface area contributed by atoms with Gasteiger partial charge in [-0.2, -0.15) is 10.2 Å². The topological polar surface area (TPSA) is 76.2 Å². The van der Waals surface area contributed by atoms with Gasteiger partial charge in [0.2, 0.25) is 5.88 Å². The number of pyridine rings is 1. The average Bonchev–Trinajstić information content (AvgIpc) is 3.36. The van der Waals surface area contributed by atoms with Gasteiger partial charge in [0.25, 0.3) is 0 Å². The summed E-state index contributed by atoms with van der Waals surface area (Å²) < 4.78 is 20.3. The van der Waals surface area contributed by atoms with Gasteiger partial charge in [-0.3, -0.25) is 4.68 Å². The largest absolute Gasteiger partial charge is 0.497 e. The maximum absolute atomic E-state index is 5.77. The van der Waals surface area contributed by atoms with E-state index in [4.69, 9.17) is 19.3 Å². The van der Waals surface area contributed by atoms with Crippen LogP contribution in [0.15, 0.2) is 48.9 Å². The lowest BCUT2D eigenvalue weighted by molar-refractivity contribution is 0.145. The summed E-state index contributed by atoms with van der Waals surface area (Å²) in [6.07, 6.45) is 7.37. The Kier molecular flexibility index (Phi) is 5.83. The zero-order valence-electron chi connectivity index (χ0n) is 19.1. The minimum Gasteiger partial charge on any atom is -0.497 e. The quantitative estimate of drug-likeness (QED) is 0.451. The van der Waals surface area contributed by atoms with Gasteiger partial charge in [0.15, 0.2) is 0 Å². The van der Waals surface area contributed by atoms with Gasteiger partial charge in [-0.25, -0.2) is 9.67 Å². The number of rotatable bonds is 6. The maximum atomic E-state index is 5.77. The second-order valence-corrected chi connectivity index (χ2v) is 8.09. The van der Waals surface area contributed by atoms with Crippen LogP contribution in [0.3, 0.4) is 0 Å². The van der Waals surface area contributed by atoms with Gasteiger partial charge in [-0.15, -0.1) is 0 Å². The Balaban J connectivity index is 1.50. The van der Waals surface area contributed by atoms with Crippen molar-refractivity contribution < 1.29 is 14.2 Å². The van der Waals surface area contributed by atoms with Crippen LogP contribution < -0.4 is 9.47 Å². The van der Waals surface area contributed by atoms with Crippen molar-refractivity contribution in [2.75, 3.05) is 27.4 Å². The number of methoxy groups -OCH3 is 2. The van der Waals surface area contributed by atoms with Crippen LogP contribution in [-0.2, 0) is 24.1 Å². The average molecular weight is 446 g/mol. The van der Waals surface area contributed by atoms with E-state index in [1.54, 1.807) is 14.2 Å². The summed E-state index contributed by atoms with van der Waals surface area (Å²) in [5.74, 6) is 1.47. The molecule has 0 bridgehead atoms.